The van der Waals surface area contributed by atoms with Gasteiger partial charge in [0, 0.05) is 6.42 Å². The van der Waals surface area contributed by atoms with E-state index in [0.717, 1.165) is 19.3 Å². The second-order valence-corrected chi connectivity index (χ2v) is 2.71. The molecule has 0 radical (unpaired) electrons. The summed E-state index contributed by atoms with van der Waals surface area (Å²) in [6.45, 7) is 1.45. The standard InChI is InChI=1S/C10H18O/c1-3-5-6-7-8-9-10(11)4-2/h4H,2-3,5-9H2,1H3/i2D2,4D. The summed E-state index contributed by atoms with van der Waals surface area (Å²) in [4.78, 5) is 11.1. The van der Waals surface area contributed by atoms with Crippen molar-refractivity contribution in [2.24, 2.45) is 0 Å². The summed E-state index contributed by atoms with van der Waals surface area (Å²) >= 11 is 0. The molecule has 0 fully saturated rings. The zero-order chi connectivity index (χ0) is 11.0. The molecule has 0 saturated heterocycles. The molecule has 0 heterocycles. The van der Waals surface area contributed by atoms with Gasteiger partial charge < -0.3 is 0 Å². The Morgan fingerprint density at radius 3 is 2.91 bits per heavy atom. The molecule has 0 aromatic heterocycles. The van der Waals surface area contributed by atoms with Crippen LogP contribution < -0.4 is 0 Å². The van der Waals surface area contributed by atoms with Crippen molar-refractivity contribution in [2.45, 2.75) is 45.4 Å². The zero-order valence-corrected chi connectivity index (χ0v) is 7.15. The Bertz CT molecular complexity index is 207. The van der Waals surface area contributed by atoms with Gasteiger partial charge in [0.15, 0.2) is 5.78 Å². The topological polar surface area (TPSA) is 17.1 Å². The Morgan fingerprint density at radius 1 is 1.55 bits per heavy atom. The first-order valence-electron chi connectivity index (χ1n) is 5.76. The van der Waals surface area contributed by atoms with Crippen molar-refractivity contribution in [3.8, 4) is 0 Å². The number of unbranched alkanes of at least 4 members (excludes halogenated alkanes) is 4. The predicted octanol–water partition coefficient (Wildman–Crippen LogP) is 3.10. The molecule has 0 rings (SSSR count). The van der Waals surface area contributed by atoms with E-state index in [9.17, 15) is 4.79 Å². The second kappa shape index (κ2) is 7.52. The van der Waals surface area contributed by atoms with Crippen LogP contribution in [-0.2, 0) is 4.79 Å². The van der Waals surface area contributed by atoms with Gasteiger partial charge in [-0.1, -0.05) is 39.1 Å². The molecule has 1 heteroatoms. The average Bonchev–Trinajstić information content (AvgIpc) is 2.16. The zero-order valence-electron chi connectivity index (χ0n) is 10.2. The molecular formula is C10H18O. The van der Waals surface area contributed by atoms with Crippen LogP contribution in [-0.4, -0.2) is 5.78 Å². The molecule has 0 amide bonds. The highest BCUT2D eigenvalue weighted by molar-refractivity contribution is 5.88. The van der Waals surface area contributed by atoms with Gasteiger partial charge in [-0.3, -0.25) is 4.79 Å². The van der Waals surface area contributed by atoms with Gasteiger partial charge in [0.05, 0.1) is 4.11 Å². The van der Waals surface area contributed by atoms with Crippen LogP contribution in [0.15, 0.2) is 12.6 Å². The molecule has 1 nitrogen and oxygen atoms in total. The molecule has 0 unspecified atom stereocenters. The smallest absolute Gasteiger partial charge is 0.155 e. The Balaban J connectivity index is 3.60. The fourth-order valence-electron chi connectivity index (χ4n) is 0.952. The summed E-state index contributed by atoms with van der Waals surface area (Å²) in [5.74, 6) is -0.374. The molecule has 0 aromatic carbocycles. The first-order valence-corrected chi connectivity index (χ1v) is 4.26. The summed E-state index contributed by atoms with van der Waals surface area (Å²) in [5.41, 5.74) is 0. The molecule has 0 aromatic rings. The number of allylic oxidation sites excluding steroid dienone is 1. The van der Waals surface area contributed by atoms with Crippen LogP contribution in [0.3, 0.4) is 0 Å². The lowest BCUT2D eigenvalue weighted by Crippen LogP contribution is -1.90. The lowest BCUT2D eigenvalue weighted by molar-refractivity contribution is -0.114. The van der Waals surface area contributed by atoms with E-state index in [1.165, 1.54) is 12.8 Å². The van der Waals surface area contributed by atoms with Crippen molar-refractivity contribution in [2.75, 3.05) is 0 Å². The summed E-state index contributed by atoms with van der Waals surface area (Å²) in [7, 11) is 0. The van der Waals surface area contributed by atoms with Crippen molar-refractivity contribution in [3.05, 3.63) is 12.6 Å². The van der Waals surface area contributed by atoms with Gasteiger partial charge in [-0.25, -0.2) is 0 Å². The molecular weight excluding hydrogens is 136 g/mol. The second-order valence-electron chi connectivity index (χ2n) is 2.71. The summed E-state index contributed by atoms with van der Waals surface area (Å²) in [5, 5.41) is 0. The number of hydrogen-bond donors (Lipinski definition) is 0. The SMILES string of the molecule is [2H]C([2H])=C([2H])C(=O)CCCCCCC. The maximum absolute atomic E-state index is 11.1. The minimum absolute atomic E-state index is 0.309. The summed E-state index contributed by atoms with van der Waals surface area (Å²) < 4.78 is 20.7. The van der Waals surface area contributed by atoms with Crippen molar-refractivity contribution < 1.29 is 8.91 Å². The maximum atomic E-state index is 11.1. The highest BCUT2D eigenvalue weighted by atomic mass is 16.1. The monoisotopic (exact) mass is 157 g/mol. The van der Waals surface area contributed by atoms with Gasteiger partial charge in [-0.05, 0) is 12.5 Å². The van der Waals surface area contributed by atoms with E-state index >= 15 is 0 Å². The molecule has 0 N–H and O–H groups in total. The molecule has 64 valence electrons. The highest BCUT2D eigenvalue weighted by Crippen LogP contribution is 2.05. The Hall–Kier alpha value is -0.590. The molecule has 0 spiro atoms. The van der Waals surface area contributed by atoms with Crippen LogP contribution in [0.4, 0.5) is 0 Å². The van der Waals surface area contributed by atoms with Gasteiger partial charge in [0.1, 0.15) is 0 Å². The van der Waals surface area contributed by atoms with Crippen LogP contribution in [0.25, 0.3) is 0 Å². The largest absolute Gasteiger partial charge is 0.295 e. The van der Waals surface area contributed by atoms with Crippen LogP contribution in [0.5, 0.6) is 0 Å². The fourth-order valence-corrected chi connectivity index (χ4v) is 0.952. The molecule has 0 atom stereocenters. The number of carbonyl (C=O) groups excluding carboxylic acids is 1. The van der Waals surface area contributed by atoms with E-state index in [0.29, 0.717) is 6.42 Å². The van der Waals surface area contributed by atoms with Crippen molar-refractivity contribution in [1.29, 1.82) is 0 Å². The van der Waals surface area contributed by atoms with Gasteiger partial charge in [0.25, 0.3) is 0 Å². The number of rotatable bonds is 7. The first kappa shape index (κ1) is 5.99. The lowest BCUT2D eigenvalue weighted by atomic mass is 10.1. The van der Waals surface area contributed by atoms with Gasteiger partial charge >= 0.3 is 0 Å². The number of carbonyl (C=O) groups is 1. The fraction of sp³-hybridized carbons (Fsp3) is 0.700. The number of hydrogen-bond acceptors (Lipinski definition) is 1. The molecule has 11 heavy (non-hydrogen) atoms. The molecule has 0 saturated carbocycles. The van der Waals surface area contributed by atoms with Crippen LogP contribution in [0, 0.1) is 0 Å². The average molecular weight is 157 g/mol. The Morgan fingerprint density at radius 2 is 2.27 bits per heavy atom. The maximum Gasteiger partial charge on any atom is 0.155 e. The normalized spacial score (nSPS) is 13.0. The van der Waals surface area contributed by atoms with E-state index in [4.69, 9.17) is 4.11 Å². The lowest BCUT2D eigenvalue weighted by Gasteiger charge is -1.96. The van der Waals surface area contributed by atoms with Crippen LogP contribution in [0.1, 0.15) is 49.6 Å². The third-order valence-electron chi connectivity index (χ3n) is 1.65. The van der Waals surface area contributed by atoms with Crippen molar-refractivity contribution in [1.82, 2.24) is 0 Å². The summed E-state index contributed by atoms with van der Waals surface area (Å²) in [6.07, 6.45) is 5.55. The molecule has 0 aliphatic heterocycles. The van der Waals surface area contributed by atoms with Crippen LogP contribution >= 0.6 is 0 Å². The first-order chi connectivity index (χ1) is 6.59. The van der Waals surface area contributed by atoms with E-state index < -0.39 is 12.6 Å². The van der Waals surface area contributed by atoms with Gasteiger partial charge in [-0.15, -0.1) is 0 Å². The summed E-state index contributed by atoms with van der Waals surface area (Å²) in [6, 6.07) is -0.458. The number of ketones is 1. The minimum atomic E-state index is -0.677. The third kappa shape index (κ3) is 7.31. The minimum Gasteiger partial charge on any atom is -0.295 e. The van der Waals surface area contributed by atoms with Crippen molar-refractivity contribution in [3.63, 3.8) is 0 Å². The molecule has 0 bridgehead atoms. The molecule has 0 aliphatic carbocycles. The van der Waals surface area contributed by atoms with Gasteiger partial charge in [0.2, 0.25) is 0 Å². The highest BCUT2D eigenvalue weighted by Gasteiger charge is 1.94. The van der Waals surface area contributed by atoms with Crippen molar-refractivity contribution >= 4 is 5.78 Å². The van der Waals surface area contributed by atoms with E-state index in [-0.39, 0.29) is 5.78 Å². The quantitative estimate of drug-likeness (QED) is 0.410. The van der Waals surface area contributed by atoms with E-state index in [1.54, 1.807) is 0 Å². The van der Waals surface area contributed by atoms with E-state index in [1.807, 2.05) is 0 Å². The molecule has 0 aliphatic rings. The van der Waals surface area contributed by atoms with Crippen LogP contribution in [0.2, 0.25) is 0 Å². The van der Waals surface area contributed by atoms with E-state index in [2.05, 4.69) is 6.92 Å². The Kier molecular flexibility index (Phi) is 4.09. The van der Waals surface area contributed by atoms with Gasteiger partial charge in [-0.2, -0.15) is 0 Å². The Labute approximate surface area is 73.7 Å². The third-order valence-corrected chi connectivity index (χ3v) is 1.65. The predicted molar refractivity (Wildman–Crippen MR) is 48.6 cm³/mol.